The lowest BCUT2D eigenvalue weighted by molar-refractivity contribution is 0.490. The van der Waals surface area contributed by atoms with Crippen molar-refractivity contribution in [3.8, 4) is 0 Å². The molecule has 0 N–H and O–H groups in total. The van der Waals surface area contributed by atoms with Gasteiger partial charge in [0.25, 0.3) is 0 Å². The molecular weight excluding hydrogens is 132 g/mol. The van der Waals surface area contributed by atoms with Gasteiger partial charge < -0.3 is 0 Å². The first-order valence-electron chi connectivity index (χ1n) is 4.58. The SMILES string of the molecule is CC[C@H]1CCCC2=CC=C=C21. The topological polar surface area (TPSA) is 0 Å². The molecule has 2 aliphatic rings. The molecule has 0 amide bonds. The van der Waals surface area contributed by atoms with Crippen LogP contribution in [0.25, 0.3) is 0 Å². The molecule has 58 valence electrons. The molecule has 0 heterocycles. The number of hydrogen-bond donors (Lipinski definition) is 0. The Morgan fingerprint density at radius 2 is 2.55 bits per heavy atom. The number of fused-ring (bicyclic) bond motifs is 1. The molecule has 11 heavy (non-hydrogen) atoms. The van der Waals surface area contributed by atoms with Crippen LogP contribution in [0.5, 0.6) is 0 Å². The average Bonchev–Trinajstić information content (AvgIpc) is 2.50. The highest BCUT2D eigenvalue weighted by atomic mass is 14.3. The molecule has 0 spiro atoms. The molecule has 0 saturated heterocycles. The third-order valence-corrected chi connectivity index (χ3v) is 2.77. The van der Waals surface area contributed by atoms with E-state index in [0.29, 0.717) is 0 Å². The van der Waals surface area contributed by atoms with Crippen molar-refractivity contribution in [2.24, 2.45) is 5.92 Å². The van der Waals surface area contributed by atoms with E-state index in [1.165, 1.54) is 31.3 Å². The summed E-state index contributed by atoms with van der Waals surface area (Å²) in [7, 11) is 0. The van der Waals surface area contributed by atoms with E-state index in [1.807, 2.05) is 0 Å². The smallest absolute Gasteiger partial charge is 0.000275 e. The minimum atomic E-state index is 0.814. The van der Waals surface area contributed by atoms with Gasteiger partial charge in [-0.05, 0) is 43.3 Å². The first kappa shape index (κ1) is 6.94. The molecule has 0 bridgehead atoms. The molecule has 0 aliphatic heterocycles. The lowest BCUT2D eigenvalue weighted by Gasteiger charge is -2.23. The summed E-state index contributed by atoms with van der Waals surface area (Å²) in [6.07, 6.45) is 9.64. The second kappa shape index (κ2) is 2.71. The Kier molecular flexibility index (Phi) is 1.71. The summed E-state index contributed by atoms with van der Waals surface area (Å²) < 4.78 is 0. The van der Waals surface area contributed by atoms with Gasteiger partial charge in [0, 0.05) is 5.57 Å². The Hall–Kier alpha value is -0.740. The molecule has 0 radical (unpaired) electrons. The summed E-state index contributed by atoms with van der Waals surface area (Å²) in [6, 6.07) is 0. The molecule has 1 atom stereocenters. The van der Waals surface area contributed by atoms with Crippen LogP contribution in [0.1, 0.15) is 32.6 Å². The van der Waals surface area contributed by atoms with Crippen LogP contribution in [-0.2, 0) is 0 Å². The molecule has 0 nitrogen and oxygen atoms in total. The van der Waals surface area contributed by atoms with Crippen molar-refractivity contribution in [1.82, 2.24) is 0 Å². The quantitative estimate of drug-likeness (QED) is 0.498. The minimum absolute atomic E-state index is 0.814. The molecule has 0 aromatic carbocycles. The monoisotopic (exact) mass is 146 g/mol. The van der Waals surface area contributed by atoms with E-state index in [2.05, 4.69) is 24.8 Å². The molecule has 2 rings (SSSR count). The third-order valence-electron chi connectivity index (χ3n) is 2.77. The first-order valence-corrected chi connectivity index (χ1v) is 4.58. The molecule has 0 heteroatoms. The summed E-state index contributed by atoms with van der Waals surface area (Å²) in [4.78, 5) is 0. The zero-order valence-corrected chi connectivity index (χ0v) is 7.06. The van der Waals surface area contributed by atoms with Gasteiger partial charge in [0.2, 0.25) is 0 Å². The normalized spacial score (nSPS) is 27.9. The van der Waals surface area contributed by atoms with Crippen LogP contribution in [0.15, 0.2) is 29.0 Å². The van der Waals surface area contributed by atoms with Crippen molar-refractivity contribution in [2.75, 3.05) is 0 Å². The van der Waals surface area contributed by atoms with Crippen molar-refractivity contribution >= 4 is 0 Å². The predicted octanol–water partition coefficient (Wildman–Crippen LogP) is 3.22. The summed E-state index contributed by atoms with van der Waals surface area (Å²) in [6.45, 7) is 2.28. The van der Waals surface area contributed by atoms with E-state index in [9.17, 15) is 0 Å². The summed E-state index contributed by atoms with van der Waals surface area (Å²) in [5.41, 5.74) is 6.43. The zero-order chi connectivity index (χ0) is 7.68. The van der Waals surface area contributed by atoms with E-state index in [4.69, 9.17) is 0 Å². The molecule has 1 fully saturated rings. The van der Waals surface area contributed by atoms with Gasteiger partial charge in [0.1, 0.15) is 0 Å². The van der Waals surface area contributed by atoms with Gasteiger partial charge in [0.15, 0.2) is 0 Å². The maximum atomic E-state index is 3.36. The van der Waals surface area contributed by atoms with Crippen molar-refractivity contribution < 1.29 is 0 Å². The van der Waals surface area contributed by atoms with Gasteiger partial charge in [-0.2, -0.15) is 0 Å². The minimum Gasteiger partial charge on any atom is -0.117 e. The number of allylic oxidation sites excluding steroid dienone is 3. The highest BCUT2D eigenvalue weighted by Crippen LogP contribution is 2.36. The Labute approximate surface area is 68.3 Å². The predicted molar refractivity (Wildman–Crippen MR) is 47.3 cm³/mol. The Balaban J connectivity index is 2.26. The van der Waals surface area contributed by atoms with E-state index in [1.54, 1.807) is 5.57 Å². The maximum Gasteiger partial charge on any atom is 0.000275 e. The van der Waals surface area contributed by atoms with E-state index < -0.39 is 0 Å². The highest BCUT2D eigenvalue weighted by molar-refractivity contribution is 5.42. The largest absolute Gasteiger partial charge is 0.117 e. The summed E-state index contributed by atoms with van der Waals surface area (Å²) >= 11 is 0. The molecule has 0 aromatic heterocycles. The highest BCUT2D eigenvalue weighted by Gasteiger charge is 2.21. The van der Waals surface area contributed by atoms with Crippen LogP contribution in [0.2, 0.25) is 0 Å². The van der Waals surface area contributed by atoms with Gasteiger partial charge >= 0.3 is 0 Å². The van der Waals surface area contributed by atoms with Crippen LogP contribution < -0.4 is 0 Å². The van der Waals surface area contributed by atoms with E-state index in [-0.39, 0.29) is 0 Å². The van der Waals surface area contributed by atoms with Crippen LogP contribution >= 0.6 is 0 Å². The van der Waals surface area contributed by atoms with Crippen LogP contribution in [0.3, 0.4) is 0 Å². The fourth-order valence-corrected chi connectivity index (χ4v) is 2.10. The van der Waals surface area contributed by atoms with E-state index >= 15 is 0 Å². The summed E-state index contributed by atoms with van der Waals surface area (Å²) in [5, 5.41) is 0. The maximum absolute atomic E-state index is 3.36. The zero-order valence-electron chi connectivity index (χ0n) is 7.06. The number of hydrogen-bond acceptors (Lipinski definition) is 0. The number of rotatable bonds is 1. The van der Waals surface area contributed by atoms with Crippen molar-refractivity contribution in [2.45, 2.75) is 32.6 Å². The fourth-order valence-electron chi connectivity index (χ4n) is 2.10. The molecule has 2 aliphatic carbocycles. The molecule has 0 aromatic rings. The third kappa shape index (κ3) is 1.08. The lowest BCUT2D eigenvalue weighted by Crippen LogP contribution is -2.09. The van der Waals surface area contributed by atoms with Gasteiger partial charge in [-0.25, -0.2) is 0 Å². The van der Waals surface area contributed by atoms with E-state index in [0.717, 1.165) is 5.92 Å². The van der Waals surface area contributed by atoms with Crippen LogP contribution in [-0.4, -0.2) is 0 Å². The van der Waals surface area contributed by atoms with Crippen LogP contribution in [0, 0.1) is 5.92 Å². The Morgan fingerprint density at radius 1 is 1.64 bits per heavy atom. The van der Waals surface area contributed by atoms with Gasteiger partial charge in [-0.3, -0.25) is 0 Å². The molecule has 1 saturated carbocycles. The van der Waals surface area contributed by atoms with Gasteiger partial charge in [0.05, 0.1) is 0 Å². The lowest BCUT2D eigenvalue weighted by atomic mass is 9.81. The second-order valence-corrected chi connectivity index (χ2v) is 3.41. The summed E-state index contributed by atoms with van der Waals surface area (Å²) in [5.74, 6) is 0.814. The van der Waals surface area contributed by atoms with Gasteiger partial charge in [-0.15, -0.1) is 5.73 Å². The Morgan fingerprint density at radius 3 is 3.36 bits per heavy atom. The van der Waals surface area contributed by atoms with Crippen LogP contribution in [0.4, 0.5) is 0 Å². The molecular formula is C11H14. The first-order chi connectivity index (χ1) is 5.42. The average molecular weight is 146 g/mol. The standard InChI is InChI=1S/C11H14/c1-2-9-5-3-6-10-7-4-8-11(9)10/h4,7,9H,2-3,5-6H2,1H3/t9-/m0/s1. The van der Waals surface area contributed by atoms with Gasteiger partial charge in [-0.1, -0.05) is 13.0 Å². The fraction of sp³-hybridized carbons (Fsp3) is 0.545. The Bertz CT molecular complexity index is 249. The van der Waals surface area contributed by atoms with Crippen molar-refractivity contribution in [3.05, 3.63) is 29.0 Å². The van der Waals surface area contributed by atoms with Crippen molar-refractivity contribution in [1.29, 1.82) is 0 Å². The molecule has 0 unspecified atom stereocenters. The second-order valence-electron chi connectivity index (χ2n) is 3.41. The van der Waals surface area contributed by atoms with Crippen molar-refractivity contribution in [3.63, 3.8) is 0 Å².